The Balaban J connectivity index is 1.72. The fourth-order valence-electron chi connectivity index (χ4n) is 2.57. The number of thioether (sulfide) groups is 1. The Hall–Kier alpha value is -0.510. The SMILES string of the molecule is CSC1CCC(NCC(O)c2ccccc2)CC1. The van der Waals surface area contributed by atoms with Crippen LogP contribution in [-0.4, -0.2) is 29.2 Å². The summed E-state index contributed by atoms with van der Waals surface area (Å²) in [6.45, 7) is 0.665. The van der Waals surface area contributed by atoms with Gasteiger partial charge in [0.15, 0.2) is 0 Å². The van der Waals surface area contributed by atoms with Crippen LogP contribution in [0.2, 0.25) is 0 Å². The zero-order chi connectivity index (χ0) is 12.8. The number of rotatable bonds is 5. The Morgan fingerprint density at radius 2 is 1.89 bits per heavy atom. The fourth-order valence-corrected chi connectivity index (χ4v) is 3.32. The highest BCUT2D eigenvalue weighted by molar-refractivity contribution is 7.99. The maximum atomic E-state index is 10.1. The second-order valence-electron chi connectivity index (χ2n) is 5.04. The predicted molar refractivity (Wildman–Crippen MR) is 79.0 cm³/mol. The van der Waals surface area contributed by atoms with E-state index in [2.05, 4.69) is 11.6 Å². The van der Waals surface area contributed by atoms with Gasteiger partial charge in [0.25, 0.3) is 0 Å². The lowest BCUT2D eigenvalue weighted by atomic mass is 9.94. The summed E-state index contributed by atoms with van der Waals surface area (Å²) in [5.74, 6) is 0. The number of nitrogens with one attached hydrogen (secondary N) is 1. The normalized spacial score (nSPS) is 25.9. The van der Waals surface area contributed by atoms with Gasteiger partial charge in [0, 0.05) is 17.8 Å². The van der Waals surface area contributed by atoms with E-state index < -0.39 is 0 Å². The van der Waals surface area contributed by atoms with E-state index in [1.54, 1.807) is 0 Å². The van der Waals surface area contributed by atoms with E-state index in [4.69, 9.17) is 0 Å². The van der Waals surface area contributed by atoms with Crippen molar-refractivity contribution < 1.29 is 5.11 Å². The Morgan fingerprint density at radius 1 is 1.22 bits per heavy atom. The molecule has 0 aliphatic heterocycles. The minimum Gasteiger partial charge on any atom is -0.387 e. The van der Waals surface area contributed by atoms with Crippen molar-refractivity contribution in [3.05, 3.63) is 35.9 Å². The van der Waals surface area contributed by atoms with Gasteiger partial charge in [-0.25, -0.2) is 0 Å². The fraction of sp³-hybridized carbons (Fsp3) is 0.600. The van der Waals surface area contributed by atoms with Crippen molar-refractivity contribution in [1.29, 1.82) is 0 Å². The highest BCUT2D eigenvalue weighted by Crippen LogP contribution is 2.27. The molecule has 100 valence electrons. The van der Waals surface area contributed by atoms with E-state index in [9.17, 15) is 5.11 Å². The van der Waals surface area contributed by atoms with Gasteiger partial charge in [-0.15, -0.1) is 0 Å². The van der Waals surface area contributed by atoms with Gasteiger partial charge in [0.2, 0.25) is 0 Å². The van der Waals surface area contributed by atoms with Gasteiger partial charge in [-0.3, -0.25) is 0 Å². The van der Waals surface area contributed by atoms with Crippen molar-refractivity contribution in [2.24, 2.45) is 0 Å². The van der Waals surface area contributed by atoms with Crippen LogP contribution in [0, 0.1) is 0 Å². The van der Waals surface area contributed by atoms with Crippen LogP contribution >= 0.6 is 11.8 Å². The molecule has 3 heteroatoms. The molecule has 1 fully saturated rings. The topological polar surface area (TPSA) is 32.3 Å². The summed E-state index contributed by atoms with van der Waals surface area (Å²) < 4.78 is 0. The van der Waals surface area contributed by atoms with Crippen LogP contribution in [0.25, 0.3) is 0 Å². The zero-order valence-electron chi connectivity index (χ0n) is 11.0. The number of hydrogen-bond acceptors (Lipinski definition) is 3. The van der Waals surface area contributed by atoms with Crippen molar-refractivity contribution in [3.8, 4) is 0 Å². The molecular formula is C15H23NOS. The Kier molecular flexibility index (Phi) is 5.54. The summed E-state index contributed by atoms with van der Waals surface area (Å²) in [6.07, 6.45) is 6.92. The molecule has 1 unspecified atom stereocenters. The minimum absolute atomic E-state index is 0.385. The van der Waals surface area contributed by atoms with Gasteiger partial charge < -0.3 is 10.4 Å². The minimum atomic E-state index is -0.385. The Labute approximate surface area is 114 Å². The van der Waals surface area contributed by atoms with E-state index in [0.29, 0.717) is 12.6 Å². The lowest BCUT2D eigenvalue weighted by molar-refractivity contribution is 0.166. The third kappa shape index (κ3) is 4.01. The molecule has 1 aliphatic rings. The van der Waals surface area contributed by atoms with Gasteiger partial charge in [-0.1, -0.05) is 30.3 Å². The van der Waals surface area contributed by atoms with Crippen molar-refractivity contribution >= 4 is 11.8 Å². The van der Waals surface area contributed by atoms with E-state index in [-0.39, 0.29) is 6.10 Å². The summed E-state index contributed by atoms with van der Waals surface area (Å²) >= 11 is 1.99. The molecule has 0 saturated heterocycles. The van der Waals surface area contributed by atoms with Gasteiger partial charge in [0.1, 0.15) is 0 Å². The van der Waals surface area contributed by atoms with Gasteiger partial charge in [-0.2, -0.15) is 11.8 Å². The molecule has 0 radical (unpaired) electrons. The quantitative estimate of drug-likeness (QED) is 0.858. The molecule has 1 aromatic carbocycles. The smallest absolute Gasteiger partial charge is 0.0914 e. The summed E-state index contributed by atoms with van der Waals surface area (Å²) in [7, 11) is 0. The second kappa shape index (κ2) is 7.17. The molecule has 1 aliphatic carbocycles. The standard InChI is InChI=1S/C15H23NOS/c1-18-14-9-7-13(8-10-14)16-11-15(17)12-5-3-2-4-6-12/h2-6,13-17H,7-11H2,1H3. The predicted octanol–water partition coefficient (Wildman–Crippen LogP) is 2.98. The van der Waals surface area contributed by atoms with E-state index in [1.165, 1.54) is 25.7 Å². The molecule has 1 saturated carbocycles. The largest absolute Gasteiger partial charge is 0.387 e. The average Bonchev–Trinajstić information content (AvgIpc) is 2.46. The molecule has 0 amide bonds. The first-order valence-corrected chi connectivity index (χ1v) is 8.07. The van der Waals surface area contributed by atoms with E-state index in [1.807, 2.05) is 42.1 Å². The Bertz CT molecular complexity index is 336. The van der Waals surface area contributed by atoms with Crippen LogP contribution in [-0.2, 0) is 0 Å². The molecule has 18 heavy (non-hydrogen) atoms. The third-order valence-electron chi connectivity index (χ3n) is 3.79. The average molecular weight is 265 g/mol. The summed E-state index contributed by atoms with van der Waals surface area (Å²) in [4.78, 5) is 0. The summed E-state index contributed by atoms with van der Waals surface area (Å²) in [5.41, 5.74) is 1.00. The monoisotopic (exact) mass is 265 g/mol. The molecule has 0 spiro atoms. The molecule has 0 bridgehead atoms. The highest BCUT2D eigenvalue weighted by Gasteiger charge is 2.20. The van der Waals surface area contributed by atoms with Gasteiger partial charge in [0.05, 0.1) is 6.10 Å². The van der Waals surface area contributed by atoms with Crippen LogP contribution < -0.4 is 5.32 Å². The molecular weight excluding hydrogens is 242 g/mol. The van der Waals surface area contributed by atoms with E-state index >= 15 is 0 Å². The zero-order valence-corrected chi connectivity index (χ0v) is 11.8. The number of aliphatic hydroxyl groups excluding tert-OH is 1. The van der Waals surface area contributed by atoms with Crippen LogP contribution in [0.1, 0.15) is 37.4 Å². The van der Waals surface area contributed by atoms with Crippen molar-refractivity contribution in [2.45, 2.75) is 43.1 Å². The van der Waals surface area contributed by atoms with Crippen LogP contribution in [0.15, 0.2) is 30.3 Å². The molecule has 0 aromatic heterocycles. The van der Waals surface area contributed by atoms with Crippen molar-refractivity contribution in [1.82, 2.24) is 5.32 Å². The molecule has 2 N–H and O–H groups in total. The number of hydrogen-bond donors (Lipinski definition) is 2. The van der Waals surface area contributed by atoms with E-state index in [0.717, 1.165) is 10.8 Å². The highest BCUT2D eigenvalue weighted by atomic mass is 32.2. The first-order chi connectivity index (χ1) is 8.79. The number of benzene rings is 1. The lowest BCUT2D eigenvalue weighted by Crippen LogP contribution is -2.36. The second-order valence-corrected chi connectivity index (χ2v) is 6.18. The maximum Gasteiger partial charge on any atom is 0.0914 e. The van der Waals surface area contributed by atoms with Crippen molar-refractivity contribution in [2.75, 3.05) is 12.8 Å². The lowest BCUT2D eigenvalue weighted by Gasteiger charge is -2.29. The van der Waals surface area contributed by atoms with Gasteiger partial charge in [-0.05, 0) is 37.5 Å². The molecule has 1 aromatic rings. The van der Waals surface area contributed by atoms with Crippen LogP contribution in [0.3, 0.4) is 0 Å². The van der Waals surface area contributed by atoms with Crippen molar-refractivity contribution in [3.63, 3.8) is 0 Å². The summed E-state index contributed by atoms with van der Waals surface area (Å²) in [5, 5.41) is 14.4. The molecule has 2 nitrogen and oxygen atoms in total. The maximum absolute atomic E-state index is 10.1. The number of aliphatic hydroxyl groups is 1. The molecule has 0 heterocycles. The molecule has 1 atom stereocenters. The van der Waals surface area contributed by atoms with Crippen LogP contribution in [0.5, 0.6) is 0 Å². The van der Waals surface area contributed by atoms with Gasteiger partial charge >= 0.3 is 0 Å². The van der Waals surface area contributed by atoms with Crippen LogP contribution in [0.4, 0.5) is 0 Å². The first kappa shape index (κ1) is 13.9. The summed E-state index contributed by atoms with van der Waals surface area (Å²) in [6, 6.07) is 10.5. The third-order valence-corrected chi connectivity index (χ3v) is 4.93. The Morgan fingerprint density at radius 3 is 2.50 bits per heavy atom. The first-order valence-electron chi connectivity index (χ1n) is 6.78. The molecule has 2 rings (SSSR count).